The summed E-state index contributed by atoms with van der Waals surface area (Å²) in [7, 11) is 0. The third kappa shape index (κ3) is 11.9. The summed E-state index contributed by atoms with van der Waals surface area (Å²) in [6.45, 7) is 2.54. The Morgan fingerprint density at radius 1 is 0.879 bits per heavy atom. The van der Waals surface area contributed by atoms with Gasteiger partial charge in [-0.15, -0.1) is 0 Å². The monoisotopic (exact) mass is 824 g/mol. The summed E-state index contributed by atoms with van der Waals surface area (Å²) >= 11 is 0. The number of aliphatic hydroxyl groups excluding tert-OH is 2. The molecule has 0 radical (unpaired) electrons. The van der Waals surface area contributed by atoms with Gasteiger partial charge in [-0.05, 0) is 36.2 Å². The van der Waals surface area contributed by atoms with Crippen molar-refractivity contribution in [2.75, 3.05) is 13.2 Å². The number of nitrogens with zero attached hydrogens (tertiary/aromatic N) is 3. The van der Waals surface area contributed by atoms with Crippen molar-refractivity contribution < 1.29 is 85.6 Å². The van der Waals surface area contributed by atoms with Crippen LogP contribution in [0.25, 0.3) is 10.4 Å². The second kappa shape index (κ2) is 20.9. The number of esters is 5. The number of carbonyl (C=O) groups excluding carboxylic acids is 5. The third-order valence-corrected chi connectivity index (χ3v) is 8.69. The van der Waals surface area contributed by atoms with Crippen molar-refractivity contribution in [3.8, 4) is 0 Å². The maximum Gasteiger partial charge on any atom is 0.341 e. The molecule has 0 bridgehead atoms. The lowest BCUT2D eigenvalue weighted by atomic mass is 9.95. The van der Waals surface area contributed by atoms with E-state index in [0.717, 1.165) is 26.8 Å². The van der Waals surface area contributed by atoms with Gasteiger partial charge in [-0.3, -0.25) is 19.2 Å². The first-order valence-electron chi connectivity index (χ1n) is 17.6. The molecule has 2 aromatic carbocycles. The lowest BCUT2D eigenvalue weighted by Crippen LogP contribution is -2.66. The van der Waals surface area contributed by atoms with Crippen molar-refractivity contribution in [1.29, 1.82) is 0 Å². The molecule has 0 amide bonds. The average molecular weight is 825 g/mol. The molecule has 58 heavy (non-hydrogen) atoms. The van der Waals surface area contributed by atoms with E-state index in [9.17, 15) is 48.5 Å². The summed E-state index contributed by atoms with van der Waals surface area (Å²) in [6.07, 6.45) is -17.8. The fraction of sp³-hybridized carbons (Fsp3) is 0.528. The average Bonchev–Trinajstić information content (AvgIpc) is 3.18. The topological polar surface area (TPSA) is 284 Å². The van der Waals surface area contributed by atoms with Crippen LogP contribution in [0.5, 0.6) is 0 Å². The number of carbonyl (C=O) groups is 5. The molecule has 0 aromatic heterocycles. The third-order valence-electron chi connectivity index (χ3n) is 8.69. The van der Waals surface area contributed by atoms with E-state index >= 15 is 0 Å². The maximum atomic E-state index is 14.8. The minimum Gasteiger partial charge on any atom is -0.463 e. The Labute approximate surface area is 328 Å². The second-order valence-corrected chi connectivity index (χ2v) is 13.0. The molecule has 4 rings (SSSR count). The van der Waals surface area contributed by atoms with Crippen molar-refractivity contribution in [3.63, 3.8) is 0 Å². The molecule has 0 spiro atoms. The van der Waals surface area contributed by atoms with Gasteiger partial charge in [-0.2, -0.15) is 0 Å². The molecule has 0 unspecified atom stereocenters. The zero-order chi connectivity index (χ0) is 42.7. The molecule has 12 atom stereocenters. The molecular weight excluding hydrogens is 782 g/mol. The van der Waals surface area contributed by atoms with Crippen LogP contribution in [-0.2, 0) is 68.4 Å². The van der Waals surface area contributed by atoms with Crippen molar-refractivity contribution >= 4 is 29.8 Å². The molecule has 2 aliphatic heterocycles. The summed E-state index contributed by atoms with van der Waals surface area (Å²) in [4.78, 5) is 65.6. The van der Waals surface area contributed by atoms with Crippen LogP contribution in [-0.4, -0.2) is 127 Å². The van der Waals surface area contributed by atoms with Gasteiger partial charge in [0, 0.05) is 25.7 Å². The zero-order valence-corrected chi connectivity index (χ0v) is 31.5. The lowest BCUT2D eigenvalue weighted by Gasteiger charge is -2.48. The van der Waals surface area contributed by atoms with Crippen LogP contribution >= 0.6 is 0 Å². The van der Waals surface area contributed by atoms with Crippen LogP contribution in [0.2, 0.25) is 0 Å². The first kappa shape index (κ1) is 45.4. The molecule has 2 heterocycles. The summed E-state index contributed by atoms with van der Waals surface area (Å²) in [5.41, 5.74) is 15.4. The van der Waals surface area contributed by atoms with E-state index in [1.54, 1.807) is 30.3 Å². The van der Waals surface area contributed by atoms with Crippen molar-refractivity contribution in [1.82, 2.24) is 0 Å². The Bertz CT molecular complexity index is 1820. The van der Waals surface area contributed by atoms with Crippen molar-refractivity contribution in [2.45, 2.75) is 108 Å². The van der Waals surface area contributed by atoms with E-state index < -0.39 is 134 Å². The van der Waals surface area contributed by atoms with Crippen LogP contribution in [0, 0.1) is 11.6 Å². The predicted octanol–water partition coefficient (Wildman–Crippen LogP) is 1.26. The van der Waals surface area contributed by atoms with Gasteiger partial charge in [0.05, 0.1) is 18.3 Å². The first-order chi connectivity index (χ1) is 27.5. The summed E-state index contributed by atoms with van der Waals surface area (Å²) in [5, 5.41) is 25.2. The van der Waals surface area contributed by atoms with Crippen LogP contribution in [0.3, 0.4) is 0 Å². The molecule has 316 valence electrons. The Kier molecular flexibility index (Phi) is 16.4. The van der Waals surface area contributed by atoms with Gasteiger partial charge >= 0.3 is 29.8 Å². The Morgan fingerprint density at radius 3 is 2.16 bits per heavy atom. The van der Waals surface area contributed by atoms with E-state index in [0.29, 0.717) is 17.7 Å². The fourth-order valence-electron chi connectivity index (χ4n) is 5.92. The molecule has 2 aromatic rings. The van der Waals surface area contributed by atoms with Crippen LogP contribution in [0.15, 0.2) is 53.6 Å². The molecule has 0 aliphatic carbocycles. The minimum atomic E-state index is -2.10. The normalized spacial score (nSPS) is 27.8. The molecule has 4 N–H and O–H groups in total. The smallest absolute Gasteiger partial charge is 0.341 e. The van der Waals surface area contributed by atoms with Gasteiger partial charge in [-0.25, -0.2) is 13.6 Å². The lowest BCUT2D eigenvalue weighted by molar-refractivity contribution is -0.345. The number of aliphatic hydroxyl groups is 2. The first-order valence-corrected chi connectivity index (χ1v) is 17.6. The van der Waals surface area contributed by atoms with Gasteiger partial charge in [0.15, 0.2) is 30.9 Å². The Hall–Kier alpha value is -5.32. The number of hydrogen-bond acceptors (Lipinski definition) is 18. The van der Waals surface area contributed by atoms with Gasteiger partial charge in [-0.1, -0.05) is 35.4 Å². The van der Waals surface area contributed by atoms with Crippen LogP contribution < -0.4 is 5.73 Å². The SMILES string of the molecule is CC(=O)OC[C@H]1O[C@@H](O[C@H]2[C@@H](O)[C@@H](CO)O[C@H](O[C@H](C)[C@H](N)C(=O)OCc3ccccc3)[C@@H]2N=[N+]=[N-])[C@H](OC(=O)c2cc(F)ccc2F)[C@@H](OC(C)=O)[C@H]1OC(C)=O. The van der Waals surface area contributed by atoms with Gasteiger partial charge in [0.1, 0.15) is 61.3 Å². The maximum absolute atomic E-state index is 14.8. The van der Waals surface area contributed by atoms with Crippen LogP contribution in [0.1, 0.15) is 43.6 Å². The fourth-order valence-corrected chi connectivity index (χ4v) is 5.92. The summed E-state index contributed by atoms with van der Waals surface area (Å²) in [6, 6.07) is 7.31. The quantitative estimate of drug-likeness (QED) is 0.0706. The molecule has 2 fully saturated rings. The number of ether oxygens (including phenoxy) is 9. The van der Waals surface area contributed by atoms with E-state index in [1.807, 2.05) is 0 Å². The van der Waals surface area contributed by atoms with Gasteiger partial charge < -0.3 is 58.6 Å². The highest BCUT2D eigenvalue weighted by Gasteiger charge is 2.56. The number of benzene rings is 2. The largest absolute Gasteiger partial charge is 0.463 e. The second-order valence-electron chi connectivity index (χ2n) is 13.0. The summed E-state index contributed by atoms with van der Waals surface area (Å²) < 4.78 is 79.2. The number of hydrogen-bond donors (Lipinski definition) is 3. The predicted molar refractivity (Wildman–Crippen MR) is 186 cm³/mol. The highest BCUT2D eigenvalue weighted by molar-refractivity contribution is 5.90. The minimum absolute atomic E-state index is 0.125. The van der Waals surface area contributed by atoms with Crippen LogP contribution in [0.4, 0.5) is 8.78 Å². The number of nitrogens with two attached hydrogens (primary N) is 1. The van der Waals surface area contributed by atoms with E-state index in [1.165, 1.54) is 6.92 Å². The molecule has 0 saturated carbocycles. The summed E-state index contributed by atoms with van der Waals surface area (Å²) in [5.74, 6) is -7.61. The molecule has 20 nitrogen and oxygen atoms in total. The molecule has 2 aliphatic rings. The highest BCUT2D eigenvalue weighted by Crippen LogP contribution is 2.35. The number of halogens is 2. The van der Waals surface area contributed by atoms with E-state index in [2.05, 4.69) is 10.0 Å². The molecule has 22 heteroatoms. The Balaban J connectivity index is 1.72. The zero-order valence-electron chi connectivity index (χ0n) is 31.5. The van der Waals surface area contributed by atoms with Crippen molar-refractivity contribution in [2.24, 2.45) is 10.8 Å². The van der Waals surface area contributed by atoms with Gasteiger partial charge in [0.2, 0.25) is 0 Å². The standard InChI is InChI=1S/C36H42F2N4O16/c1-16(26(39)34(49)51-14-20-8-6-5-7-9-20)52-35-27(41-42-40)30(28(47)24(13-43)55-35)58-36-32(57-33(48)22-12-21(37)10-11-23(22)38)31(54-19(4)46)29(53-18(3)45)25(56-36)15-50-17(2)44/h5-12,16,24-32,35-36,43,47H,13-15,39H2,1-4H3/t16-,24-,25-,26+,27-,28+,29+,30-,31+,32-,35+,36+/m1/s1. The molecule has 2 saturated heterocycles. The van der Waals surface area contributed by atoms with E-state index in [4.69, 9.17) is 48.4 Å². The highest BCUT2D eigenvalue weighted by atomic mass is 19.1. The number of azide groups is 1. The molecular formula is C36H42F2N4O16. The van der Waals surface area contributed by atoms with E-state index in [-0.39, 0.29) is 6.61 Å². The number of rotatable bonds is 16. The van der Waals surface area contributed by atoms with Crippen molar-refractivity contribution in [3.05, 3.63) is 81.7 Å². The Morgan fingerprint density at radius 2 is 1.53 bits per heavy atom. The van der Waals surface area contributed by atoms with Gasteiger partial charge in [0.25, 0.3) is 0 Å².